The number of esters is 1. The van der Waals surface area contributed by atoms with Crippen molar-refractivity contribution < 1.29 is 14.6 Å². The van der Waals surface area contributed by atoms with Crippen LogP contribution in [-0.4, -0.2) is 37.5 Å². The predicted octanol–water partition coefficient (Wildman–Crippen LogP) is 1.76. The van der Waals surface area contributed by atoms with E-state index in [0.29, 0.717) is 11.1 Å². The van der Waals surface area contributed by atoms with Gasteiger partial charge in [-0.15, -0.1) is 10.2 Å². The molecule has 0 bridgehead atoms. The Labute approximate surface area is 164 Å². The van der Waals surface area contributed by atoms with E-state index in [-0.39, 0.29) is 34.6 Å². The lowest BCUT2D eigenvalue weighted by Crippen LogP contribution is -2.37. The predicted molar refractivity (Wildman–Crippen MR) is 105 cm³/mol. The third kappa shape index (κ3) is 3.20. The van der Waals surface area contributed by atoms with Gasteiger partial charge in [0.15, 0.2) is 16.8 Å². The quantitative estimate of drug-likeness (QED) is 0.531. The zero-order chi connectivity index (χ0) is 20.4. The topological polar surface area (TPSA) is 107 Å². The fraction of sp³-hybridized carbons (Fsp3) is 0.0952. The molecule has 4 aromatic rings. The van der Waals surface area contributed by atoms with Gasteiger partial charge in [0, 0.05) is 11.1 Å². The van der Waals surface area contributed by atoms with Gasteiger partial charge in [-0.3, -0.25) is 4.79 Å². The Morgan fingerprint density at radius 2 is 1.69 bits per heavy atom. The monoisotopic (exact) mass is 388 g/mol. The number of nitrogens with zero attached hydrogens (tertiary/aromatic N) is 4. The highest BCUT2D eigenvalue weighted by molar-refractivity contribution is 6.02. The Morgan fingerprint density at radius 3 is 2.34 bits per heavy atom. The van der Waals surface area contributed by atoms with Crippen LogP contribution in [-0.2, 0) is 4.74 Å². The highest BCUT2D eigenvalue weighted by atomic mass is 16.5. The van der Waals surface area contributed by atoms with Crippen molar-refractivity contribution in [2.45, 2.75) is 6.92 Å². The number of aromatic nitrogens is 4. The highest BCUT2D eigenvalue weighted by Crippen LogP contribution is 2.24. The molecule has 0 atom stereocenters. The maximum atomic E-state index is 13.0. The summed E-state index contributed by atoms with van der Waals surface area (Å²) in [5.41, 5.74) is 0.624. The molecule has 0 saturated carbocycles. The average molecular weight is 388 g/mol. The second-order valence-corrected chi connectivity index (χ2v) is 6.11. The summed E-state index contributed by atoms with van der Waals surface area (Å²) < 4.78 is 6.10. The molecule has 8 heteroatoms. The summed E-state index contributed by atoms with van der Waals surface area (Å²) in [4.78, 5) is 25.6. The molecule has 0 saturated heterocycles. The van der Waals surface area contributed by atoms with Crippen LogP contribution >= 0.6 is 0 Å². The molecule has 2 heterocycles. The van der Waals surface area contributed by atoms with Crippen molar-refractivity contribution >= 4 is 17.4 Å². The molecule has 0 aliphatic heterocycles. The molecular weight excluding hydrogens is 372 g/mol. The van der Waals surface area contributed by atoms with Gasteiger partial charge in [-0.25, -0.2) is 4.79 Å². The molecular formula is C21H16N4O4. The normalized spacial score (nSPS) is 12.0. The van der Waals surface area contributed by atoms with E-state index >= 15 is 0 Å². The minimum atomic E-state index is -0.691. The Hall–Kier alpha value is -4.07. The summed E-state index contributed by atoms with van der Waals surface area (Å²) in [6.07, 6.45) is 0. The molecule has 2 aromatic heterocycles. The lowest BCUT2D eigenvalue weighted by atomic mass is 10.1. The first-order chi connectivity index (χ1) is 14.1. The number of aliphatic hydroxyl groups excluding tert-OH is 1. The van der Waals surface area contributed by atoms with E-state index in [1.165, 1.54) is 0 Å². The van der Waals surface area contributed by atoms with Crippen LogP contribution in [0.3, 0.4) is 0 Å². The molecule has 0 aliphatic carbocycles. The third-order valence-corrected chi connectivity index (χ3v) is 4.30. The van der Waals surface area contributed by atoms with Crippen molar-refractivity contribution in [3.63, 3.8) is 0 Å². The summed E-state index contributed by atoms with van der Waals surface area (Å²) in [6, 6.07) is 17.4. The highest BCUT2D eigenvalue weighted by Gasteiger charge is 2.25. The number of aliphatic hydroxyl groups is 1. The summed E-state index contributed by atoms with van der Waals surface area (Å²) in [7, 11) is 0. The summed E-state index contributed by atoms with van der Waals surface area (Å²) in [6.45, 7) is 1.84. The van der Waals surface area contributed by atoms with Gasteiger partial charge >= 0.3 is 11.5 Å². The Kier molecular flexibility index (Phi) is 4.74. The molecule has 4 rings (SSSR count). The van der Waals surface area contributed by atoms with E-state index in [9.17, 15) is 14.7 Å². The summed E-state index contributed by atoms with van der Waals surface area (Å²) in [5.74, 6) is -0.974. The SMILES string of the molecule is CCOC(=O)c1c(-c2ccccc2)nn2c(=O)/c(=C(/O)c3ccccc3)nnc12. The van der Waals surface area contributed by atoms with Gasteiger partial charge in [0.05, 0.1) is 6.61 Å². The largest absolute Gasteiger partial charge is 0.505 e. The van der Waals surface area contributed by atoms with Crippen molar-refractivity contribution in [3.05, 3.63) is 87.5 Å². The molecule has 0 spiro atoms. The van der Waals surface area contributed by atoms with E-state index in [1.807, 2.05) is 6.07 Å². The van der Waals surface area contributed by atoms with Gasteiger partial charge in [-0.05, 0) is 6.92 Å². The smallest absolute Gasteiger partial charge is 0.344 e. The molecule has 0 aliphatic rings. The maximum absolute atomic E-state index is 13.0. The van der Waals surface area contributed by atoms with Gasteiger partial charge in [-0.1, -0.05) is 60.7 Å². The van der Waals surface area contributed by atoms with Crippen molar-refractivity contribution in [1.82, 2.24) is 19.8 Å². The van der Waals surface area contributed by atoms with E-state index in [1.54, 1.807) is 61.5 Å². The number of hydrogen-bond donors (Lipinski definition) is 1. The zero-order valence-corrected chi connectivity index (χ0v) is 15.4. The molecule has 0 unspecified atom stereocenters. The number of rotatable bonds is 4. The molecule has 0 radical (unpaired) electrons. The van der Waals surface area contributed by atoms with Crippen molar-refractivity contribution in [3.8, 4) is 11.3 Å². The molecule has 8 nitrogen and oxygen atoms in total. The summed E-state index contributed by atoms with van der Waals surface area (Å²) in [5, 5.41) is 22.4. The van der Waals surface area contributed by atoms with Crippen LogP contribution in [0.4, 0.5) is 0 Å². The molecule has 29 heavy (non-hydrogen) atoms. The van der Waals surface area contributed by atoms with Crippen LogP contribution in [0.15, 0.2) is 65.5 Å². The van der Waals surface area contributed by atoms with Crippen molar-refractivity contribution in [2.24, 2.45) is 0 Å². The first-order valence-electron chi connectivity index (χ1n) is 8.92. The van der Waals surface area contributed by atoms with Crippen LogP contribution in [0.25, 0.3) is 22.7 Å². The molecule has 0 amide bonds. The van der Waals surface area contributed by atoms with Gasteiger partial charge in [0.25, 0.3) is 0 Å². The van der Waals surface area contributed by atoms with E-state index in [0.717, 1.165) is 4.52 Å². The molecule has 1 N–H and O–H groups in total. The standard InChI is InChI=1S/C21H16N4O4/c1-2-29-21(28)15-16(13-9-5-3-6-10-13)24-25-19(15)23-22-17(20(25)27)18(26)14-11-7-4-8-12-14/h3-12,26H,2H2,1H3/b18-17-. The Balaban J connectivity index is 2.03. The number of ether oxygens (including phenoxy) is 1. The van der Waals surface area contributed by atoms with Crippen LogP contribution in [0.2, 0.25) is 0 Å². The van der Waals surface area contributed by atoms with Crippen LogP contribution < -0.4 is 10.9 Å². The fourth-order valence-corrected chi connectivity index (χ4v) is 2.95. The van der Waals surface area contributed by atoms with Crippen LogP contribution in [0, 0.1) is 0 Å². The maximum Gasteiger partial charge on any atom is 0.344 e. The number of carbonyl (C=O) groups excluding carboxylic acids is 1. The zero-order valence-electron chi connectivity index (χ0n) is 15.4. The molecule has 0 fully saturated rings. The lowest BCUT2D eigenvalue weighted by molar-refractivity contribution is 0.0529. The number of hydrogen-bond acceptors (Lipinski definition) is 7. The number of benzene rings is 2. The van der Waals surface area contributed by atoms with Gasteiger partial charge in [0.1, 0.15) is 11.3 Å². The van der Waals surface area contributed by atoms with Gasteiger partial charge in [0.2, 0.25) is 0 Å². The van der Waals surface area contributed by atoms with Gasteiger partial charge in [-0.2, -0.15) is 9.61 Å². The Bertz CT molecular complexity index is 1300. The average Bonchev–Trinajstić information content (AvgIpc) is 3.16. The van der Waals surface area contributed by atoms with Crippen molar-refractivity contribution in [2.75, 3.05) is 6.61 Å². The van der Waals surface area contributed by atoms with Crippen LogP contribution in [0.5, 0.6) is 0 Å². The third-order valence-electron chi connectivity index (χ3n) is 4.30. The fourth-order valence-electron chi connectivity index (χ4n) is 2.95. The van der Waals surface area contributed by atoms with E-state index < -0.39 is 11.5 Å². The summed E-state index contributed by atoms with van der Waals surface area (Å²) >= 11 is 0. The second-order valence-electron chi connectivity index (χ2n) is 6.11. The van der Waals surface area contributed by atoms with E-state index in [2.05, 4.69) is 15.3 Å². The number of fused-ring (bicyclic) bond motifs is 1. The Morgan fingerprint density at radius 1 is 1.03 bits per heavy atom. The van der Waals surface area contributed by atoms with Crippen LogP contribution in [0.1, 0.15) is 22.8 Å². The molecule has 144 valence electrons. The number of carbonyl (C=O) groups is 1. The minimum Gasteiger partial charge on any atom is -0.505 e. The first-order valence-corrected chi connectivity index (χ1v) is 8.92. The lowest BCUT2D eigenvalue weighted by Gasteiger charge is -2.02. The van der Waals surface area contributed by atoms with Gasteiger partial charge < -0.3 is 9.84 Å². The second kappa shape index (κ2) is 7.51. The van der Waals surface area contributed by atoms with E-state index in [4.69, 9.17) is 4.74 Å². The molecule has 2 aromatic carbocycles. The minimum absolute atomic E-state index is 0.0306. The first kappa shape index (κ1) is 18.3. The van der Waals surface area contributed by atoms with Crippen molar-refractivity contribution in [1.29, 1.82) is 0 Å².